The van der Waals surface area contributed by atoms with Crippen LogP contribution in [0.1, 0.15) is 58.3 Å². The minimum atomic E-state index is 0.741. The Balaban J connectivity index is 1.93. The third-order valence-corrected chi connectivity index (χ3v) is 3.69. The Morgan fingerprint density at radius 1 is 1.16 bits per heavy atom. The van der Waals surface area contributed by atoms with Gasteiger partial charge in [0.15, 0.2) is 0 Å². The highest BCUT2D eigenvalue weighted by Gasteiger charge is 2.14. The highest BCUT2D eigenvalue weighted by atomic mass is 15.2. The lowest BCUT2D eigenvalue weighted by molar-refractivity contribution is 0.456. The van der Waals surface area contributed by atoms with Crippen molar-refractivity contribution in [3.8, 4) is 0 Å². The molecule has 0 radical (unpaired) electrons. The van der Waals surface area contributed by atoms with Crippen LogP contribution in [-0.4, -0.2) is 36.9 Å². The second-order valence-electron chi connectivity index (χ2n) is 5.30. The van der Waals surface area contributed by atoms with Crippen LogP contribution in [0, 0.1) is 0 Å². The standard InChI is InChI=1S/C16H31N3/c1-2-3-4-5-6-7-8-9-10-11-16-18-13-15-19(16)14-12-17/h2-3H,4-15,17H2,1H3/b3-2+. The normalized spacial score (nSPS) is 15.5. The topological polar surface area (TPSA) is 41.6 Å². The molecule has 0 bridgehead atoms. The molecule has 110 valence electrons. The Morgan fingerprint density at radius 3 is 2.63 bits per heavy atom. The Kier molecular flexibility index (Phi) is 9.42. The predicted octanol–water partition coefficient (Wildman–Crippen LogP) is 3.36. The molecule has 3 nitrogen and oxygen atoms in total. The molecular weight excluding hydrogens is 234 g/mol. The van der Waals surface area contributed by atoms with Gasteiger partial charge in [-0.05, 0) is 26.2 Å². The minimum Gasteiger partial charge on any atom is -0.357 e. The highest BCUT2D eigenvalue weighted by molar-refractivity contribution is 5.83. The van der Waals surface area contributed by atoms with Crippen LogP contribution in [-0.2, 0) is 0 Å². The summed E-state index contributed by atoms with van der Waals surface area (Å²) in [5.41, 5.74) is 5.61. The number of nitrogens with zero attached hydrogens (tertiary/aromatic N) is 2. The summed E-state index contributed by atoms with van der Waals surface area (Å²) in [7, 11) is 0. The van der Waals surface area contributed by atoms with E-state index < -0.39 is 0 Å². The number of hydrogen-bond acceptors (Lipinski definition) is 3. The SMILES string of the molecule is C/C=C/CCCCCCCCC1=NCCN1CCN. The van der Waals surface area contributed by atoms with E-state index >= 15 is 0 Å². The van der Waals surface area contributed by atoms with Crippen molar-refractivity contribution in [1.82, 2.24) is 4.90 Å². The van der Waals surface area contributed by atoms with Gasteiger partial charge in [-0.2, -0.15) is 0 Å². The van der Waals surface area contributed by atoms with Crippen molar-refractivity contribution in [3.05, 3.63) is 12.2 Å². The van der Waals surface area contributed by atoms with Gasteiger partial charge in [0, 0.05) is 26.1 Å². The summed E-state index contributed by atoms with van der Waals surface area (Å²) in [6.07, 6.45) is 14.9. The van der Waals surface area contributed by atoms with Crippen LogP contribution in [0.2, 0.25) is 0 Å². The van der Waals surface area contributed by atoms with E-state index in [2.05, 4.69) is 29.0 Å². The first kappa shape index (κ1) is 16.2. The maximum atomic E-state index is 5.61. The van der Waals surface area contributed by atoms with Crippen LogP contribution in [0.15, 0.2) is 17.1 Å². The molecule has 0 fully saturated rings. The zero-order chi connectivity index (χ0) is 13.8. The summed E-state index contributed by atoms with van der Waals surface area (Å²) in [5, 5.41) is 0. The van der Waals surface area contributed by atoms with Crippen LogP contribution in [0.3, 0.4) is 0 Å². The first-order valence-corrected chi connectivity index (χ1v) is 7.98. The average molecular weight is 265 g/mol. The number of aliphatic imine (C=N–C) groups is 1. The van der Waals surface area contributed by atoms with Gasteiger partial charge < -0.3 is 10.6 Å². The second-order valence-corrected chi connectivity index (χ2v) is 5.30. The summed E-state index contributed by atoms with van der Waals surface area (Å²) in [5.74, 6) is 1.30. The van der Waals surface area contributed by atoms with Crippen LogP contribution in [0.25, 0.3) is 0 Å². The van der Waals surface area contributed by atoms with Crippen molar-refractivity contribution in [1.29, 1.82) is 0 Å². The summed E-state index contributed by atoms with van der Waals surface area (Å²) in [4.78, 5) is 6.94. The van der Waals surface area contributed by atoms with E-state index in [0.29, 0.717) is 0 Å². The molecule has 0 aromatic carbocycles. The first-order chi connectivity index (χ1) is 9.38. The molecule has 2 N–H and O–H groups in total. The Labute approximate surface area is 119 Å². The third kappa shape index (κ3) is 7.36. The van der Waals surface area contributed by atoms with Crippen molar-refractivity contribution in [2.75, 3.05) is 26.2 Å². The first-order valence-electron chi connectivity index (χ1n) is 7.98. The predicted molar refractivity (Wildman–Crippen MR) is 84.7 cm³/mol. The molecule has 1 aliphatic rings. The van der Waals surface area contributed by atoms with Gasteiger partial charge in [-0.3, -0.25) is 4.99 Å². The van der Waals surface area contributed by atoms with Crippen LogP contribution in [0.5, 0.6) is 0 Å². The fourth-order valence-electron chi connectivity index (χ4n) is 2.58. The summed E-state index contributed by atoms with van der Waals surface area (Å²) in [6.45, 7) is 5.87. The number of amidine groups is 1. The average Bonchev–Trinajstić information content (AvgIpc) is 2.85. The monoisotopic (exact) mass is 265 g/mol. The van der Waals surface area contributed by atoms with Gasteiger partial charge in [0.05, 0.1) is 12.4 Å². The van der Waals surface area contributed by atoms with E-state index in [-0.39, 0.29) is 0 Å². The van der Waals surface area contributed by atoms with Crippen molar-refractivity contribution >= 4 is 5.84 Å². The Hall–Kier alpha value is -0.830. The Morgan fingerprint density at radius 2 is 1.89 bits per heavy atom. The largest absolute Gasteiger partial charge is 0.357 e. The van der Waals surface area contributed by atoms with Crippen LogP contribution >= 0.6 is 0 Å². The Bertz CT molecular complexity index is 271. The van der Waals surface area contributed by atoms with Gasteiger partial charge in [0.1, 0.15) is 0 Å². The van der Waals surface area contributed by atoms with Crippen LogP contribution in [0.4, 0.5) is 0 Å². The van der Waals surface area contributed by atoms with Gasteiger partial charge in [-0.15, -0.1) is 0 Å². The van der Waals surface area contributed by atoms with Gasteiger partial charge >= 0.3 is 0 Å². The zero-order valence-corrected chi connectivity index (χ0v) is 12.6. The summed E-state index contributed by atoms with van der Waals surface area (Å²) < 4.78 is 0. The molecule has 0 aromatic heterocycles. The maximum Gasteiger partial charge on any atom is 0.0990 e. The smallest absolute Gasteiger partial charge is 0.0990 e. The lowest BCUT2D eigenvalue weighted by Crippen LogP contribution is -2.32. The van der Waals surface area contributed by atoms with Crippen molar-refractivity contribution < 1.29 is 0 Å². The fourth-order valence-corrected chi connectivity index (χ4v) is 2.58. The molecule has 0 saturated carbocycles. The molecule has 1 heterocycles. The molecule has 1 aliphatic heterocycles. The molecule has 3 heteroatoms. The molecule has 0 aromatic rings. The van der Waals surface area contributed by atoms with E-state index in [1.54, 1.807) is 0 Å². The zero-order valence-electron chi connectivity index (χ0n) is 12.6. The van der Waals surface area contributed by atoms with E-state index in [1.165, 1.54) is 50.8 Å². The maximum absolute atomic E-state index is 5.61. The molecule has 19 heavy (non-hydrogen) atoms. The van der Waals surface area contributed by atoms with E-state index in [9.17, 15) is 0 Å². The van der Waals surface area contributed by atoms with E-state index in [0.717, 1.165) is 32.6 Å². The lowest BCUT2D eigenvalue weighted by atomic mass is 10.1. The van der Waals surface area contributed by atoms with E-state index in [1.807, 2.05) is 0 Å². The van der Waals surface area contributed by atoms with Crippen molar-refractivity contribution in [2.45, 2.75) is 58.3 Å². The number of rotatable bonds is 11. The number of nitrogens with two attached hydrogens (primary N) is 1. The summed E-state index contributed by atoms with van der Waals surface area (Å²) >= 11 is 0. The molecule has 1 rings (SSSR count). The second kappa shape index (κ2) is 11.0. The van der Waals surface area contributed by atoms with Crippen molar-refractivity contribution in [3.63, 3.8) is 0 Å². The van der Waals surface area contributed by atoms with Crippen molar-refractivity contribution in [2.24, 2.45) is 10.7 Å². The quantitative estimate of drug-likeness (QED) is 0.460. The minimum absolute atomic E-state index is 0.741. The molecule has 0 aliphatic carbocycles. The molecule has 0 unspecified atom stereocenters. The molecule has 0 atom stereocenters. The van der Waals surface area contributed by atoms with Gasteiger partial charge in [0.25, 0.3) is 0 Å². The van der Waals surface area contributed by atoms with Gasteiger partial charge in [-0.25, -0.2) is 0 Å². The van der Waals surface area contributed by atoms with Gasteiger partial charge in [-0.1, -0.05) is 37.8 Å². The molecule has 0 spiro atoms. The van der Waals surface area contributed by atoms with Gasteiger partial charge in [0.2, 0.25) is 0 Å². The van der Waals surface area contributed by atoms with E-state index in [4.69, 9.17) is 5.73 Å². The highest BCUT2D eigenvalue weighted by Crippen LogP contribution is 2.12. The lowest BCUT2D eigenvalue weighted by Gasteiger charge is -2.19. The van der Waals surface area contributed by atoms with Crippen LogP contribution < -0.4 is 5.73 Å². The summed E-state index contributed by atoms with van der Waals surface area (Å²) in [6, 6.07) is 0. The third-order valence-electron chi connectivity index (χ3n) is 3.69. The number of allylic oxidation sites excluding steroid dienone is 2. The number of hydrogen-bond donors (Lipinski definition) is 1. The number of unbranched alkanes of at least 4 members (excludes halogenated alkanes) is 6. The molecule has 0 amide bonds. The fraction of sp³-hybridized carbons (Fsp3) is 0.812. The molecule has 0 saturated heterocycles. The molecular formula is C16H31N3.